The fourth-order valence-corrected chi connectivity index (χ4v) is 6.65. The predicted molar refractivity (Wildman–Crippen MR) is 180 cm³/mol. The highest BCUT2D eigenvalue weighted by molar-refractivity contribution is 7.13. The molecule has 0 radical (unpaired) electrons. The lowest BCUT2D eigenvalue weighted by Gasteiger charge is -2.35. The Morgan fingerprint density at radius 2 is 1.85 bits per heavy atom. The van der Waals surface area contributed by atoms with E-state index in [1.807, 2.05) is 32.0 Å². The summed E-state index contributed by atoms with van der Waals surface area (Å²) < 4.78 is 25.5. The van der Waals surface area contributed by atoms with E-state index in [1.54, 1.807) is 26.3 Å². The molecule has 1 saturated carbocycles. The van der Waals surface area contributed by atoms with E-state index in [9.17, 15) is 28.7 Å². The van der Waals surface area contributed by atoms with Crippen LogP contribution in [-0.4, -0.2) is 82.8 Å². The second-order valence-electron chi connectivity index (χ2n) is 14.0. The van der Waals surface area contributed by atoms with E-state index < -0.39 is 53.0 Å². The fourth-order valence-electron chi connectivity index (χ4n) is 5.85. The molecule has 0 spiro atoms. The number of aliphatic hydroxyl groups excluding tert-OH is 1. The maximum atomic E-state index is 14.5. The van der Waals surface area contributed by atoms with Crippen LogP contribution < -0.4 is 15.4 Å². The molecule has 3 N–H and O–H groups in total. The second kappa shape index (κ2) is 15.8. The third-order valence-electron chi connectivity index (χ3n) is 8.96. The number of hydrogen-bond acceptors (Lipinski definition) is 9. The minimum absolute atomic E-state index is 0.0328. The van der Waals surface area contributed by atoms with Gasteiger partial charge in [0.15, 0.2) is 5.67 Å². The van der Waals surface area contributed by atoms with Crippen LogP contribution in [0.25, 0.3) is 10.4 Å². The first-order valence-electron chi connectivity index (χ1n) is 16.7. The predicted octanol–water partition coefficient (Wildman–Crippen LogP) is 4.79. The number of likely N-dealkylation sites (tertiary alicyclic amines) is 1. The van der Waals surface area contributed by atoms with Crippen LogP contribution in [0.2, 0.25) is 0 Å². The summed E-state index contributed by atoms with van der Waals surface area (Å²) in [6.45, 7) is 9.42. The number of ether oxygens (including phenoxy) is 2. The molecule has 0 bridgehead atoms. The van der Waals surface area contributed by atoms with Gasteiger partial charge in [0.2, 0.25) is 11.8 Å². The third-order valence-corrected chi connectivity index (χ3v) is 9.93. The van der Waals surface area contributed by atoms with E-state index in [0.717, 1.165) is 47.4 Å². The van der Waals surface area contributed by atoms with Gasteiger partial charge in [-0.05, 0) is 56.6 Å². The van der Waals surface area contributed by atoms with Crippen LogP contribution in [0.4, 0.5) is 4.39 Å². The number of aryl methyl sites for hydroxylation is 1. The molecule has 3 amide bonds. The van der Waals surface area contributed by atoms with Crippen molar-refractivity contribution in [3.05, 3.63) is 35.0 Å². The minimum Gasteiger partial charge on any atom is -0.493 e. The standard InChI is InChI=1S/C35H49FN4O7S/c1-21(25-13-12-23(29-22(2)37-20-48-29)17-27(25)47-16-10-8-7-9-11-28(42)46-6)38-31(43)26-18-24(41)19-40(26)32(44)30(34(3,4)5)39-33(45)35(36)14-15-35/h12-13,17,20-21,24,26,30,41H,7-11,14-16,18-19H2,1-6H3,(H,38,43)(H,39,45)/t21-,24+,26-,30+/m0/s1. The van der Waals surface area contributed by atoms with Gasteiger partial charge >= 0.3 is 5.97 Å². The number of thiazole rings is 1. The number of esters is 1. The Morgan fingerprint density at radius 3 is 2.48 bits per heavy atom. The first kappa shape index (κ1) is 37.2. The van der Waals surface area contributed by atoms with Gasteiger partial charge in [-0.2, -0.15) is 0 Å². The van der Waals surface area contributed by atoms with Crippen LogP contribution in [0.1, 0.15) is 96.4 Å². The molecule has 2 aliphatic rings. The van der Waals surface area contributed by atoms with Gasteiger partial charge in [-0.15, -0.1) is 11.3 Å². The minimum atomic E-state index is -1.96. The number of aliphatic hydroxyl groups is 1. The number of carbonyl (C=O) groups is 4. The average Bonchev–Trinajstić information content (AvgIpc) is 3.44. The van der Waals surface area contributed by atoms with E-state index in [4.69, 9.17) is 9.47 Å². The number of hydrogen-bond donors (Lipinski definition) is 3. The summed E-state index contributed by atoms with van der Waals surface area (Å²) in [6, 6.07) is 3.23. The monoisotopic (exact) mass is 688 g/mol. The molecule has 48 heavy (non-hydrogen) atoms. The van der Waals surface area contributed by atoms with Crippen LogP contribution in [0, 0.1) is 12.3 Å². The van der Waals surface area contributed by atoms with Crippen molar-refractivity contribution >= 4 is 35.0 Å². The Bertz CT molecular complexity index is 1470. The number of nitrogens with one attached hydrogen (secondary N) is 2. The van der Waals surface area contributed by atoms with Crippen molar-refractivity contribution in [2.45, 2.75) is 116 Å². The molecule has 4 atom stereocenters. The van der Waals surface area contributed by atoms with Gasteiger partial charge < -0.3 is 30.1 Å². The summed E-state index contributed by atoms with van der Waals surface area (Å²) in [5.74, 6) is -1.42. The number of halogens is 1. The Kier molecular flexibility index (Phi) is 12.2. The summed E-state index contributed by atoms with van der Waals surface area (Å²) >= 11 is 1.53. The van der Waals surface area contributed by atoms with Gasteiger partial charge in [-0.1, -0.05) is 45.7 Å². The number of alkyl halides is 1. The van der Waals surface area contributed by atoms with Crippen LogP contribution in [0.15, 0.2) is 23.7 Å². The number of unbranched alkanes of at least 4 members (excludes halogenated alkanes) is 3. The zero-order chi connectivity index (χ0) is 35.2. The quantitative estimate of drug-likeness (QED) is 0.179. The number of nitrogens with zero attached hydrogens (tertiary/aromatic N) is 2. The van der Waals surface area contributed by atoms with Crippen molar-refractivity contribution in [2.75, 3.05) is 20.3 Å². The molecule has 264 valence electrons. The Labute approximate surface area is 286 Å². The highest BCUT2D eigenvalue weighted by atomic mass is 32.1. The molecule has 1 saturated heterocycles. The maximum absolute atomic E-state index is 14.5. The van der Waals surface area contributed by atoms with Crippen LogP contribution in [0.3, 0.4) is 0 Å². The summed E-state index contributed by atoms with van der Waals surface area (Å²) in [6.07, 6.45) is 2.99. The molecule has 13 heteroatoms. The number of amides is 3. The summed E-state index contributed by atoms with van der Waals surface area (Å²) in [7, 11) is 1.38. The van der Waals surface area contributed by atoms with E-state index >= 15 is 0 Å². The van der Waals surface area contributed by atoms with Gasteiger partial charge in [-0.25, -0.2) is 9.37 Å². The van der Waals surface area contributed by atoms with Crippen LogP contribution >= 0.6 is 11.3 Å². The Morgan fingerprint density at radius 1 is 1.15 bits per heavy atom. The Balaban J connectivity index is 1.47. The first-order valence-corrected chi connectivity index (χ1v) is 17.6. The zero-order valence-electron chi connectivity index (χ0n) is 28.8. The van der Waals surface area contributed by atoms with Gasteiger partial charge in [-0.3, -0.25) is 19.2 Å². The van der Waals surface area contributed by atoms with Crippen molar-refractivity contribution in [1.82, 2.24) is 20.5 Å². The number of methoxy groups -OCH3 is 1. The lowest BCUT2D eigenvalue weighted by Crippen LogP contribution is -2.59. The molecule has 2 heterocycles. The fraction of sp³-hybridized carbons (Fsp3) is 0.629. The zero-order valence-corrected chi connectivity index (χ0v) is 29.6. The van der Waals surface area contributed by atoms with Crippen molar-refractivity contribution in [3.8, 4) is 16.2 Å². The number of β-amino-alcohol motifs (C(OH)–C–C–N with tert-alkyl or cyclic N) is 1. The molecular formula is C35H49FN4O7S. The number of rotatable bonds is 15. The van der Waals surface area contributed by atoms with Crippen molar-refractivity contribution in [3.63, 3.8) is 0 Å². The van der Waals surface area contributed by atoms with E-state index in [-0.39, 0.29) is 31.8 Å². The van der Waals surface area contributed by atoms with Crippen molar-refractivity contribution in [1.29, 1.82) is 0 Å². The average molecular weight is 689 g/mol. The molecule has 1 aromatic carbocycles. The van der Waals surface area contributed by atoms with E-state index in [1.165, 1.54) is 23.3 Å². The second-order valence-corrected chi connectivity index (χ2v) is 14.8. The van der Waals surface area contributed by atoms with Gasteiger partial charge in [0.05, 0.1) is 41.9 Å². The molecule has 2 aromatic rings. The van der Waals surface area contributed by atoms with Gasteiger partial charge in [0.25, 0.3) is 5.91 Å². The molecule has 1 aliphatic heterocycles. The molecule has 0 unspecified atom stereocenters. The Hall–Kier alpha value is -3.58. The molecule has 1 aromatic heterocycles. The number of aromatic nitrogens is 1. The molecule has 1 aliphatic carbocycles. The third kappa shape index (κ3) is 9.31. The van der Waals surface area contributed by atoms with Crippen molar-refractivity contribution in [2.24, 2.45) is 5.41 Å². The smallest absolute Gasteiger partial charge is 0.305 e. The summed E-state index contributed by atoms with van der Waals surface area (Å²) in [5.41, 5.74) is 1.64. The van der Waals surface area contributed by atoms with Crippen LogP contribution in [0.5, 0.6) is 5.75 Å². The highest BCUT2D eigenvalue weighted by Gasteiger charge is 2.53. The summed E-state index contributed by atoms with van der Waals surface area (Å²) in [4.78, 5) is 58.2. The molecular weight excluding hydrogens is 639 g/mol. The largest absolute Gasteiger partial charge is 0.493 e. The van der Waals surface area contributed by atoms with Gasteiger partial charge in [0, 0.05) is 24.9 Å². The van der Waals surface area contributed by atoms with Crippen LogP contribution in [-0.2, 0) is 23.9 Å². The first-order chi connectivity index (χ1) is 22.6. The normalized spacial score (nSPS) is 19.7. The lowest BCUT2D eigenvalue weighted by atomic mass is 9.85. The lowest BCUT2D eigenvalue weighted by molar-refractivity contribution is -0.145. The van der Waals surface area contributed by atoms with Crippen molar-refractivity contribution < 1.29 is 38.1 Å². The van der Waals surface area contributed by atoms with E-state index in [2.05, 4.69) is 15.6 Å². The maximum Gasteiger partial charge on any atom is 0.305 e. The number of carbonyl (C=O) groups excluding carboxylic acids is 4. The molecule has 11 nitrogen and oxygen atoms in total. The molecule has 2 fully saturated rings. The van der Waals surface area contributed by atoms with Gasteiger partial charge in [0.1, 0.15) is 17.8 Å². The highest BCUT2D eigenvalue weighted by Crippen LogP contribution is 2.40. The van der Waals surface area contributed by atoms with E-state index in [0.29, 0.717) is 18.8 Å². The SMILES string of the molecule is COC(=O)CCCCCCOc1cc(-c2scnc2C)ccc1[C@H](C)NC(=O)[C@@H]1C[C@@H](O)CN1C(=O)[C@@H](NC(=O)C1(F)CC1)C(C)(C)C. The topological polar surface area (TPSA) is 147 Å². The molecule has 4 rings (SSSR count). The number of benzene rings is 1. The summed E-state index contributed by atoms with van der Waals surface area (Å²) in [5, 5.41) is 16.2.